The summed E-state index contributed by atoms with van der Waals surface area (Å²) in [4.78, 5) is 17.0. The molecular weight excluding hydrogens is 385 g/mol. The Kier molecular flexibility index (Phi) is 5.51. The lowest BCUT2D eigenvalue weighted by molar-refractivity contribution is -0.141. The molecule has 5 nitrogen and oxygen atoms in total. The molecule has 3 heterocycles. The third-order valence-corrected chi connectivity index (χ3v) is 5.25. The van der Waals surface area contributed by atoms with E-state index in [1.54, 1.807) is 6.92 Å². The highest BCUT2D eigenvalue weighted by molar-refractivity contribution is 5.85. The van der Waals surface area contributed by atoms with Gasteiger partial charge in [-0.2, -0.15) is 13.2 Å². The minimum atomic E-state index is -4.62. The average molecular weight is 410 g/mol. The maximum Gasteiger partial charge on any atom is 0.433 e. The fraction of sp³-hybridized carbons (Fsp3) is 0.524. The lowest BCUT2D eigenvalue weighted by atomic mass is 9.81. The lowest BCUT2D eigenvalue weighted by Crippen LogP contribution is -2.42. The first kappa shape index (κ1) is 21.4. The number of hydrogen-bond acceptors (Lipinski definition) is 4. The van der Waals surface area contributed by atoms with Gasteiger partial charge in [-0.05, 0) is 46.2 Å². The van der Waals surface area contributed by atoms with E-state index in [1.807, 2.05) is 26.8 Å². The monoisotopic (exact) mass is 410 g/mol. The molecule has 0 aromatic carbocycles. The fourth-order valence-corrected chi connectivity index (χ4v) is 3.99. The fourth-order valence-electron chi connectivity index (χ4n) is 3.99. The molecule has 158 valence electrons. The lowest BCUT2D eigenvalue weighted by Gasteiger charge is -2.39. The van der Waals surface area contributed by atoms with Crippen molar-refractivity contribution in [3.8, 4) is 5.75 Å². The molecule has 0 saturated carbocycles. The second-order valence-corrected chi connectivity index (χ2v) is 7.94. The minimum Gasteiger partial charge on any atom is -0.486 e. The molecule has 1 aliphatic rings. The van der Waals surface area contributed by atoms with E-state index in [1.165, 1.54) is 10.6 Å². The summed E-state index contributed by atoms with van der Waals surface area (Å²) >= 11 is 0. The van der Waals surface area contributed by atoms with Crippen LogP contribution in [-0.2, 0) is 12.7 Å². The Labute approximate surface area is 166 Å². The van der Waals surface area contributed by atoms with Crippen molar-refractivity contribution < 1.29 is 23.0 Å². The Morgan fingerprint density at radius 2 is 2.10 bits per heavy atom. The van der Waals surface area contributed by atoms with Crippen LogP contribution in [-0.4, -0.2) is 26.9 Å². The van der Waals surface area contributed by atoms with Gasteiger partial charge in [-0.25, -0.2) is 4.98 Å². The molecule has 0 bridgehead atoms. The first-order valence-electron chi connectivity index (χ1n) is 9.60. The van der Waals surface area contributed by atoms with Crippen molar-refractivity contribution in [3.05, 3.63) is 45.4 Å². The van der Waals surface area contributed by atoms with Crippen molar-refractivity contribution >= 4 is 11.0 Å². The van der Waals surface area contributed by atoms with Crippen LogP contribution in [0.1, 0.15) is 57.7 Å². The number of aromatic nitrogens is 2. The number of rotatable bonds is 4. The summed E-state index contributed by atoms with van der Waals surface area (Å²) in [7, 11) is 0. The highest BCUT2D eigenvalue weighted by atomic mass is 19.4. The van der Waals surface area contributed by atoms with E-state index in [2.05, 4.69) is 4.98 Å². The van der Waals surface area contributed by atoms with Crippen LogP contribution in [0.15, 0.2) is 28.6 Å². The van der Waals surface area contributed by atoms with Gasteiger partial charge in [0.25, 0.3) is 5.56 Å². The molecule has 2 aromatic rings. The molecule has 0 unspecified atom stereocenters. The molecular formula is C21H25F3N2O3. The number of hydrogen-bond donors (Lipinski definition) is 1. The second-order valence-electron chi connectivity index (χ2n) is 7.94. The van der Waals surface area contributed by atoms with E-state index in [9.17, 15) is 23.1 Å². The van der Waals surface area contributed by atoms with Gasteiger partial charge < -0.3 is 9.84 Å². The van der Waals surface area contributed by atoms with E-state index in [0.717, 1.165) is 11.6 Å². The first-order chi connectivity index (χ1) is 13.5. The molecule has 0 radical (unpaired) electrons. The zero-order valence-electron chi connectivity index (χ0n) is 16.9. The van der Waals surface area contributed by atoms with Gasteiger partial charge in [-0.1, -0.05) is 11.6 Å². The highest BCUT2D eigenvalue weighted by Crippen LogP contribution is 2.45. The van der Waals surface area contributed by atoms with E-state index in [0.29, 0.717) is 23.8 Å². The Bertz CT molecular complexity index is 1020. The molecule has 0 fully saturated rings. The molecule has 0 amide bonds. The normalized spacial score (nSPS) is 21.6. The Balaban J connectivity index is 2.38. The first-order valence-corrected chi connectivity index (χ1v) is 9.60. The van der Waals surface area contributed by atoms with Crippen molar-refractivity contribution in [2.75, 3.05) is 6.61 Å². The smallest absolute Gasteiger partial charge is 0.433 e. The zero-order chi connectivity index (χ0) is 21.6. The van der Waals surface area contributed by atoms with Crippen LogP contribution >= 0.6 is 0 Å². The SMILES string of the molecule is CCn1c(=O)c2c(c3ccc(C(F)(F)F)nc31)O[C@](C)(CCO)C[C@@H]2C=C(C)C. The summed E-state index contributed by atoms with van der Waals surface area (Å²) in [5, 5.41) is 9.84. The second kappa shape index (κ2) is 7.48. The molecule has 3 rings (SSSR count). The van der Waals surface area contributed by atoms with Gasteiger partial charge in [-0.15, -0.1) is 0 Å². The summed E-state index contributed by atoms with van der Waals surface area (Å²) in [6, 6.07) is 2.23. The number of nitrogens with zero attached hydrogens (tertiary/aromatic N) is 2. The van der Waals surface area contributed by atoms with Crippen LogP contribution in [0.25, 0.3) is 11.0 Å². The maximum atomic E-state index is 13.3. The Hall–Kier alpha value is -2.35. The van der Waals surface area contributed by atoms with E-state index in [4.69, 9.17) is 4.74 Å². The largest absolute Gasteiger partial charge is 0.486 e. The molecule has 2 atom stereocenters. The summed E-state index contributed by atoms with van der Waals surface area (Å²) in [5.41, 5.74) is -0.800. The van der Waals surface area contributed by atoms with Gasteiger partial charge in [0, 0.05) is 25.5 Å². The number of aliphatic hydroxyl groups excluding tert-OH is 1. The van der Waals surface area contributed by atoms with E-state index >= 15 is 0 Å². The van der Waals surface area contributed by atoms with Gasteiger partial charge >= 0.3 is 6.18 Å². The number of pyridine rings is 2. The number of fused-ring (bicyclic) bond motifs is 3. The van der Waals surface area contributed by atoms with Crippen LogP contribution in [0.4, 0.5) is 13.2 Å². The number of aryl methyl sites for hydroxylation is 1. The molecule has 1 N–H and O–H groups in total. The summed E-state index contributed by atoms with van der Waals surface area (Å²) in [6.45, 7) is 7.47. The van der Waals surface area contributed by atoms with Gasteiger partial charge in [0.05, 0.1) is 10.9 Å². The van der Waals surface area contributed by atoms with E-state index in [-0.39, 0.29) is 30.5 Å². The molecule has 2 aromatic heterocycles. The predicted molar refractivity (Wildman–Crippen MR) is 104 cm³/mol. The maximum absolute atomic E-state index is 13.3. The topological polar surface area (TPSA) is 64.4 Å². The number of ether oxygens (including phenoxy) is 1. The Morgan fingerprint density at radius 3 is 2.66 bits per heavy atom. The van der Waals surface area contributed by atoms with E-state index < -0.39 is 23.0 Å². The quantitative estimate of drug-likeness (QED) is 0.759. The van der Waals surface area contributed by atoms with Gasteiger partial charge in [-0.3, -0.25) is 9.36 Å². The van der Waals surface area contributed by atoms with Crippen molar-refractivity contribution in [2.45, 2.75) is 64.8 Å². The van der Waals surface area contributed by atoms with Crippen molar-refractivity contribution in [2.24, 2.45) is 0 Å². The molecule has 0 aliphatic carbocycles. The van der Waals surface area contributed by atoms with Gasteiger partial charge in [0.15, 0.2) is 0 Å². The molecule has 29 heavy (non-hydrogen) atoms. The van der Waals surface area contributed by atoms with Crippen LogP contribution in [0.5, 0.6) is 5.75 Å². The van der Waals surface area contributed by atoms with Crippen LogP contribution in [0.3, 0.4) is 0 Å². The standard InChI is InChI=1S/C21H25F3N2O3/c1-5-26-18-14(6-7-15(25-18)21(22,23)24)17-16(19(26)28)13(10-12(2)3)11-20(4,29-17)8-9-27/h6-7,10,13,27H,5,8-9,11H2,1-4H3/t13-,20+/m0/s1. The van der Waals surface area contributed by atoms with Crippen molar-refractivity contribution in [3.63, 3.8) is 0 Å². The molecule has 0 saturated heterocycles. The van der Waals surface area contributed by atoms with Gasteiger partial charge in [0.2, 0.25) is 0 Å². The number of aliphatic hydroxyl groups is 1. The van der Waals surface area contributed by atoms with Crippen LogP contribution in [0, 0.1) is 0 Å². The summed E-state index contributed by atoms with van der Waals surface area (Å²) in [5.74, 6) is -0.00193. The number of alkyl halides is 3. The number of halogens is 3. The molecule has 0 spiro atoms. The molecule has 8 heteroatoms. The minimum absolute atomic E-state index is 0.0460. The van der Waals surface area contributed by atoms with Crippen LogP contribution in [0.2, 0.25) is 0 Å². The number of allylic oxidation sites excluding steroid dienone is 2. The zero-order valence-corrected chi connectivity index (χ0v) is 16.9. The third kappa shape index (κ3) is 3.90. The third-order valence-electron chi connectivity index (χ3n) is 5.25. The summed E-state index contributed by atoms with van der Waals surface area (Å²) < 4.78 is 47.0. The predicted octanol–water partition coefficient (Wildman–Crippen LogP) is 4.41. The van der Waals surface area contributed by atoms with Crippen molar-refractivity contribution in [1.82, 2.24) is 9.55 Å². The highest BCUT2D eigenvalue weighted by Gasteiger charge is 2.40. The molecule has 1 aliphatic heterocycles. The average Bonchev–Trinajstić information content (AvgIpc) is 2.60. The van der Waals surface area contributed by atoms with Crippen LogP contribution < -0.4 is 10.3 Å². The Morgan fingerprint density at radius 1 is 1.41 bits per heavy atom. The van der Waals surface area contributed by atoms with Gasteiger partial charge in [0.1, 0.15) is 22.7 Å². The summed E-state index contributed by atoms with van der Waals surface area (Å²) in [6.07, 6.45) is -1.81. The van der Waals surface area contributed by atoms with Crippen molar-refractivity contribution in [1.29, 1.82) is 0 Å².